The second-order valence-electron chi connectivity index (χ2n) is 7.50. The Morgan fingerprint density at radius 2 is 1.97 bits per heavy atom. The number of carbonyl (C=O) groups excluding carboxylic acids is 2. The predicted octanol–water partition coefficient (Wildman–Crippen LogP) is 3.40. The highest BCUT2D eigenvalue weighted by Crippen LogP contribution is 2.25. The Morgan fingerprint density at radius 1 is 1.13 bits per heavy atom. The smallest absolute Gasteiger partial charge is 0.323 e. The predicted molar refractivity (Wildman–Crippen MR) is 118 cm³/mol. The van der Waals surface area contributed by atoms with Gasteiger partial charge in [0, 0.05) is 29.2 Å². The first-order valence-corrected chi connectivity index (χ1v) is 11.1. The van der Waals surface area contributed by atoms with Crippen LogP contribution >= 0.6 is 11.3 Å². The fraction of sp³-hybridized carbons (Fsp3) is 0.304. The molecule has 0 aliphatic carbocycles. The largest absolute Gasteiger partial charge is 0.458 e. The number of hydrogen-bond donors (Lipinski definition) is 1. The van der Waals surface area contributed by atoms with E-state index in [1.807, 2.05) is 35.7 Å². The summed E-state index contributed by atoms with van der Waals surface area (Å²) >= 11 is 1.47. The van der Waals surface area contributed by atoms with Crippen LogP contribution in [-0.2, 0) is 22.7 Å². The summed E-state index contributed by atoms with van der Waals surface area (Å²) in [6, 6.07) is 12.5. The fourth-order valence-corrected chi connectivity index (χ4v) is 4.48. The van der Waals surface area contributed by atoms with Crippen LogP contribution < -0.4 is 5.73 Å². The maximum Gasteiger partial charge on any atom is 0.323 e. The van der Waals surface area contributed by atoms with Gasteiger partial charge in [-0.05, 0) is 43.7 Å². The van der Waals surface area contributed by atoms with E-state index in [1.54, 1.807) is 18.3 Å². The fourth-order valence-electron chi connectivity index (χ4n) is 3.67. The highest BCUT2D eigenvalue weighted by molar-refractivity contribution is 7.13. The van der Waals surface area contributed by atoms with Crippen LogP contribution in [0.5, 0.6) is 0 Å². The first-order chi connectivity index (χ1) is 15.1. The van der Waals surface area contributed by atoms with E-state index in [4.69, 9.17) is 10.5 Å². The molecule has 1 fully saturated rings. The average Bonchev–Trinajstić information content (AvgIpc) is 3.28. The van der Waals surface area contributed by atoms with Crippen molar-refractivity contribution in [2.45, 2.75) is 38.5 Å². The molecule has 3 aromatic rings. The number of primary amides is 1. The molecule has 8 heteroatoms. The molecule has 1 aliphatic heterocycles. The quantitative estimate of drug-likeness (QED) is 0.570. The summed E-state index contributed by atoms with van der Waals surface area (Å²) in [5, 5.41) is 2.69. The number of amides is 1. The summed E-state index contributed by atoms with van der Waals surface area (Å²) in [5.74, 6) is -0.672. The van der Waals surface area contributed by atoms with Crippen LogP contribution in [0.3, 0.4) is 0 Å². The molecule has 7 nitrogen and oxygen atoms in total. The van der Waals surface area contributed by atoms with Gasteiger partial charge in [-0.2, -0.15) is 0 Å². The summed E-state index contributed by atoms with van der Waals surface area (Å²) in [6.45, 7) is 1.64. The van der Waals surface area contributed by atoms with Crippen molar-refractivity contribution >= 4 is 23.2 Å². The Morgan fingerprint density at radius 3 is 2.71 bits per heavy atom. The average molecular weight is 437 g/mol. The topological polar surface area (TPSA) is 98.4 Å². The molecule has 1 aromatic carbocycles. The van der Waals surface area contributed by atoms with Gasteiger partial charge in [0.05, 0.1) is 11.4 Å². The molecule has 31 heavy (non-hydrogen) atoms. The van der Waals surface area contributed by atoms with Crippen LogP contribution in [0.4, 0.5) is 0 Å². The van der Waals surface area contributed by atoms with Crippen molar-refractivity contribution in [1.82, 2.24) is 14.9 Å². The van der Waals surface area contributed by atoms with Gasteiger partial charge in [-0.25, -0.2) is 4.98 Å². The van der Waals surface area contributed by atoms with E-state index < -0.39 is 5.91 Å². The van der Waals surface area contributed by atoms with Crippen molar-refractivity contribution in [3.05, 3.63) is 71.0 Å². The highest BCUT2D eigenvalue weighted by atomic mass is 32.1. The minimum Gasteiger partial charge on any atom is -0.458 e. The van der Waals surface area contributed by atoms with Gasteiger partial charge >= 0.3 is 5.97 Å². The van der Waals surface area contributed by atoms with Gasteiger partial charge in [0.15, 0.2) is 0 Å². The number of carbonyl (C=O) groups is 2. The van der Waals surface area contributed by atoms with Crippen molar-refractivity contribution in [3.63, 3.8) is 0 Å². The summed E-state index contributed by atoms with van der Waals surface area (Å²) in [5.41, 5.74) is 8.29. The maximum absolute atomic E-state index is 12.8. The Kier molecular flexibility index (Phi) is 6.69. The van der Waals surface area contributed by atoms with Gasteiger partial charge in [0.25, 0.3) is 0 Å². The zero-order chi connectivity index (χ0) is 21.6. The molecule has 1 amide bonds. The SMILES string of the molecule is NC(=O)c1ccc(-c2nc(COC(=O)C3CCCCN3Cc3ccccn3)cs2)cc1. The number of pyridine rings is 1. The zero-order valence-electron chi connectivity index (χ0n) is 17.1. The van der Waals surface area contributed by atoms with Crippen LogP contribution in [0.15, 0.2) is 54.0 Å². The van der Waals surface area contributed by atoms with Gasteiger partial charge < -0.3 is 10.5 Å². The lowest BCUT2D eigenvalue weighted by atomic mass is 10.0. The van der Waals surface area contributed by atoms with Crippen LogP contribution in [0.1, 0.15) is 41.0 Å². The molecule has 0 spiro atoms. The molecular formula is C23H24N4O3S. The third-order valence-corrected chi connectivity index (χ3v) is 6.25. The molecule has 0 bridgehead atoms. The van der Waals surface area contributed by atoms with E-state index >= 15 is 0 Å². The molecule has 2 N–H and O–H groups in total. The summed E-state index contributed by atoms with van der Waals surface area (Å²) < 4.78 is 5.62. The Bertz CT molecular complexity index is 1040. The van der Waals surface area contributed by atoms with Gasteiger partial charge in [-0.1, -0.05) is 24.6 Å². The molecule has 4 rings (SSSR count). The van der Waals surface area contributed by atoms with E-state index in [1.165, 1.54) is 11.3 Å². The Hall–Kier alpha value is -3.10. The lowest BCUT2D eigenvalue weighted by Crippen LogP contribution is -2.45. The first kappa shape index (κ1) is 21.1. The van der Waals surface area contributed by atoms with Gasteiger partial charge in [0.2, 0.25) is 5.91 Å². The van der Waals surface area contributed by atoms with Crippen molar-refractivity contribution in [2.75, 3.05) is 6.54 Å². The summed E-state index contributed by atoms with van der Waals surface area (Å²) in [7, 11) is 0. The number of hydrogen-bond acceptors (Lipinski definition) is 7. The molecule has 1 aliphatic rings. The standard InChI is InChI=1S/C23H24N4O3S/c24-21(28)16-7-9-17(10-8-16)22-26-19(15-31-22)14-30-23(29)20-6-2-4-12-27(20)13-18-5-1-3-11-25-18/h1,3,5,7-11,15,20H,2,4,6,12-14H2,(H2,24,28). The molecular weight excluding hydrogens is 412 g/mol. The van der Waals surface area contributed by atoms with Crippen molar-refractivity contribution in [2.24, 2.45) is 5.73 Å². The zero-order valence-corrected chi connectivity index (χ0v) is 17.9. The molecule has 1 unspecified atom stereocenters. The monoisotopic (exact) mass is 436 g/mol. The van der Waals surface area contributed by atoms with Crippen molar-refractivity contribution < 1.29 is 14.3 Å². The van der Waals surface area contributed by atoms with Crippen molar-refractivity contribution in [3.8, 4) is 10.6 Å². The maximum atomic E-state index is 12.8. The van der Waals surface area contributed by atoms with E-state index in [0.717, 1.165) is 42.1 Å². The molecule has 3 heterocycles. The van der Waals surface area contributed by atoms with Gasteiger partial charge in [-0.15, -0.1) is 11.3 Å². The first-order valence-electron chi connectivity index (χ1n) is 10.3. The normalized spacial score (nSPS) is 16.7. The number of ether oxygens (including phenoxy) is 1. The molecule has 1 atom stereocenters. The van der Waals surface area contributed by atoms with E-state index in [0.29, 0.717) is 17.8 Å². The molecule has 2 aromatic heterocycles. The summed E-state index contributed by atoms with van der Waals surface area (Å²) in [4.78, 5) is 35.1. The van der Waals surface area contributed by atoms with Crippen LogP contribution in [0, 0.1) is 0 Å². The third kappa shape index (κ3) is 5.34. The Labute approximate surface area is 184 Å². The third-order valence-electron chi connectivity index (χ3n) is 5.31. The number of aromatic nitrogens is 2. The molecule has 1 saturated heterocycles. The Balaban J connectivity index is 1.36. The molecule has 160 valence electrons. The number of piperidine rings is 1. The lowest BCUT2D eigenvalue weighted by molar-refractivity contribution is -0.153. The van der Waals surface area contributed by atoms with Crippen LogP contribution in [-0.4, -0.2) is 39.3 Å². The van der Waals surface area contributed by atoms with E-state index in [2.05, 4.69) is 14.9 Å². The number of rotatable bonds is 7. The number of likely N-dealkylation sites (tertiary alicyclic amines) is 1. The second-order valence-corrected chi connectivity index (χ2v) is 8.35. The van der Waals surface area contributed by atoms with Gasteiger partial charge in [0.1, 0.15) is 17.7 Å². The number of nitrogens with zero attached hydrogens (tertiary/aromatic N) is 3. The number of esters is 1. The molecule has 0 radical (unpaired) electrons. The minimum absolute atomic E-state index is 0.141. The number of benzene rings is 1. The van der Waals surface area contributed by atoms with Crippen molar-refractivity contribution in [1.29, 1.82) is 0 Å². The van der Waals surface area contributed by atoms with Gasteiger partial charge in [-0.3, -0.25) is 19.5 Å². The molecule has 0 saturated carbocycles. The summed E-state index contributed by atoms with van der Waals surface area (Å²) in [6.07, 6.45) is 4.65. The number of nitrogens with two attached hydrogens (primary N) is 1. The highest BCUT2D eigenvalue weighted by Gasteiger charge is 2.30. The lowest BCUT2D eigenvalue weighted by Gasteiger charge is -2.33. The van der Waals surface area contributed by atoms with E-state index in [-0.39, 0.29) is 18.6 Å². The van der Waals surface area contributed by atoms with Crippen LogP contribution in [0.25, 0.3) is 10.6 Å². The second kappa shape index (κ2) is 9.80. The number of thiazole rings is 1. The minimum atomic E-state index is -0.460. The van der Waals surface area contributed by atoms with E-state index in [9.17, 15) is 9.59 Å². The van der Waals surface area contributed by atoms with Crippen LogP contribution in [0.2, 0.25) is 0 Å².